The van der Waals surface area contributed by atoms with Crippen molar-refractivity contribution in [3.63, 3.8) is 0 Å². The van der Waals surface area contributed by atoms with E-state index in [1.807, 2.05) is 41.3 Å². The largest absolute Gasteiger partial charge is 0.496 e. The number of anilines is 1. The molecule has 1 N–H and O–H groups in total. The molecule has 35 heavy (non-hydrogen) atoms. The summed E-state index contributed by atoms with van der Waals surface area (Å²) < 4.78 is 5.45. The number of amides is 2. The van der Waals surface area contributed by atoms with E-state index in [4.69, 9.17) is 4.74 Å². The average molecular weight is 487 g/mol. The molecule has 3 aromatic rings. The van der Waals surface area contributed by atoms with Crippen LogP contribution < -0.4 is 10.1 Å². The van der Waals surface area contributed by atoms with Crippen molar-refractivity contribution in [1.29, 1.82) is 5.26 Å². The number of hydrogen-bond acceptors (Lipinski definition) is 6. The van der Waals surface area contributed by atoms with Crippen LogP contribution in [0.5, 0.6) is 5.75 Å². The molecule has 2 unspecified atom stereocenters. The topological polar surface area (TPSA) is 95.3 Å². The number of nitriles is 1. The van der Waals surface area contributed by atoms with Gasteiger partial charge in [-0.2, -0.15) is 5.26 Å². The van der Waals surface area contributed by atoms with Gasteiger partial charge in [0.1, 0.15) is 16.8 Å². The van der Waals surface area contributed by atoms with Gasteiger partial charge in [-0.3, -0.25) is 14.6 Å². The quantitative estimate of drug-likeness (QED) is 0.538. The lowest BCUT2D eigenvalue weighted by molar-refractivity contribution is -0.132. The maximum atomic E-state index is 13.0. The Labute approximate surface area is 208 Å². The zero-order chi connectivity index (χ0) is 24.4. The SMILES string of the molecule is COc1ccccc1C1CC1C(=O)Nc1sc2c(c1C#N)CCN(C(=O)CCc1ccncc1)C2. The second-order valence-corrected chi connectivity index (χ2v) is 10.0. The number of nitrogens with zero attached hydrogens (tertiary/aromatic N) is 3. The van der Waals surface area contributed by atoms with Crippen molar-refractivity contribution in [2.24, 2.45) is 5.92 Å². The Bertz CT molecular complexity index is 1300. The first-order valence-electron chi connectivity index (χ1n) is 11.7. The van der Waals surface area contributed by atoms with E-state index < -0.39 is 0 Å². The summed E-state index contributed by atoms with van der Waals surface area (Å²) >= 11 is 1.42. The summed E-state index contributed by atoms with van der Waals surface area (Å²) in [5, 5.41) is 13.4. The molecule has 2 amide bonds. The Hall–Kier alpha value is -3.70. The molecular weight excluding hydrogens is 460 g/mol. The summed E-state index contributed by atoms with van der Waals surface area (Å²) in [6.45, 7) is 1.06. The van der Waals surface area contributed by atoms with Crippen LogP contribution in [-0.2, 0) is 29.0 Å². The minimum Gasteiger partial charge on any atom is -0.496 e. The molecule has 0 saturated heterocycles. The van der Waals surface area contributed by atoms with Gasteiger partial charge in [0.2, 0.25) is 11.8 Å². The Morgan fingerprint density at radius 3 is 2.83 bits per heavy atom. The number of nitrogens with one attached hydrogen (secondary N) is 1. The molecule has 7 nitrogen and oxygen atoms in total. The molecule has 0 spiro atoms. The lowest BCUT2D eigenvalue weighted by Gasteiger charge is -2.27. The van der Waals surface area contributed by atoms with Crippen LogP contribution in [0.25, 0.3) is 0 Å². The number of ether oxygens (including phenoxy) is 1. The van der Waals surface area contributed by atoms with Crippen molar-refractivity contribution in [1.82, 2.24) is 9.88 Å². The Balaban J connectivity index is 1.24. The lowest BCUT2D eigenvalue weighted by atomic mass is 10.0. The normalized spacial score (nSPS) is 18.3. The number of para-hydroxylation sites is 1. The molecule has 1 aliphatic heterocycles. The number of aryl methyl sites for hydroxylation is 1. The molecule has 178 valence electrons. The van der Waals surface area contributed by atoms with Gasteiger partial charge in [-0.25, -0.2) is 0 Å². The van der Waals surface area contributed by atoms with Crippen molar-refractivity contribution in [2.45, 2.75) is 38.1 Å². The van der Waals surface area contributed by atoms with Crippen molar-refractivity contribution in [2.75, 3.05) is 19.0 Å². The smallest absolute Gasteiger partial charge is 0.228 e. The number of fused-ring (bicyclic) bond motifs is 1. The van der Waals surface area contributed by atoms with E-state index in [9.17, 15) is 14.9 Å². The molecule has 0 bridgehead atoms. The van der Waals surface area contributed by atoms with Gasteiger partial charge < -0.3 is 15.0 Å². The zero-order valence-electron chi connectivity index (χ0n) is 19.5. The molecule has 0 radical (unpaired) electrons. The van der Waals surface area contributed by atoms with E-state index in [1.54, 1.807) is 19.5 Å². The average Bonchev–Trinajstić information content (AvgIpc) is 3.62. The van der Waals surface area contributed by atoms with E-state index in [2.05, 4.69) is 16.4 Å². The van der Waals surface area contributed by atoms with Gasteiger partial charge in [0, 0.05) is 36.2 Å². The molecule has 1 fully saturated rings. The molecule has 1 aliphatic carbocycles. The number of aromatic nitrogens is 1. The van der Waals surface area contributed by atoms with Crippen molar-refractivity contribution >= 4 is 28.2 Å². The molecule has 2 aliphatic rings. The standard InChI is InChI=1S/C27H26N4O3S/c1-34-23-5-3-2-4-18(23)20-14-21(20)26(33)30-27-22(15-28)19-10-13-31(16-24(19)35-27)25(32)7-6-17-8-11-29-12-9-17/h2-5,8-9,11-12,20-21H,6-7,10,13-14,16H2,1H3,(H,30,33). The van der Waals surface area contributed by atoms with Gasteiger partial charge in [-0.15, -0.1) is 11.3 Å². The predicted octanol–water partition coefficient (Wildman–Crippen LogP) is 4.28. The van der Waals surface area contributed by atoms with Crippen molar-refractivity contribution in [3.8, 4) is 11.8 Å². The van der Waals surface area contributed by atoms with Crippen LogP contribution in [0.2, 0.25) is 0 Å². The van der Waals surface area contributed by atoms with Crippen LogP contribution in [0.15, 0.2) is 48.8 Å². The fourth-order valence-electron chi connectivity index (χ4n) is 4.79. The number of thiophene rings is 1. The fourth-order valence-corrected chi connectivity index (χ4v) is 6.00. The van der Waals surface area contributed by atoms with Crippen LogP contribution in [-0.4, -0.2) is 35.4 Å². The van der Waals surface area contributed by atoms with Gasteiger partial charge in [0.25, 0.3) is 0 Å². The van der Waals surface area contributed by atoms with Gasteiger partial charge in [-0.05, 0) is 60.1 Å². The third kappa shape index (κ3) is 4.77. The molecular formula is C27H26N4O3S. The number of hydrogen-bond donors (Lipinski definition) is 1. The number of rotatable bonds is 7. The van der Waals surface area contributed by atoms with E-state index in [-0.39, 0.29) is 23.7 Å². The third-order valence-electron chi connectivity index (χ3n) is 6.80. The number of benzene rings is 1. The summed E-state index contributed by atoms with van der Waals surface area (Å²) in [6, 6.07) is 13.9. The highest BCUT2D eigenvalue weighted by atomic mass is 32.1. The van der Waals surface area contributed by atoms with Crippen molar-refractivity contribution < 1.29 is 14.3 Å². The number of carbonyl (C=O) groups excluding carboxylic acids is 2. The lowest BCUT2D eigenvalue weighted by Crippen LogP contribution is -2.35. The highest BCUT2D eigenvalue weighted by Crippen LogP contribution is 2.51. The first-order valence-corrected chi connectivity index (χ1v) is 12.6. The highest BCUT2D eigenvalue weighted by molar-refractivity contribution is 7.16. The maximum Gasteiger partial charge on any atom is 0.228 e. The number of methoxy groups -OCH3 is 1. The number of pyridine rings is 1. The Kier molecular flexibility index (Phi) is 6.51. The van der Waals surface area contributed by atoms with Gasteiger partial charge in [0.15, 0.2) is 0 Å². The van der Waals surface area contributed by atoms with Crippen LogP contribution in [0.1, 0.15) is 45.9 Å². The first-order chi connectivity index (χ1) is 17.1. The Morgan fingerprint density at radius 1 is 1.26 bits per heavy atom. The van der Waals surface area contributed by atoms with Gasteiger partial charge >= 0.3 is 0 Å². The van der Waals surface area contributed by atoms with Crippen LogP contribution in [0, 0.1) is 17.2 Å². The van der Waals surface area contributed by atoms with Gasteiger partial charge in [-0.1, -0.05) is 18.2 Å². The second-order valence-electron chi connectivity index (χ2n) is 8.92. The van der Waals surface area contributed by atoms with E-state index in [0.29, 0.717) is 42.9 Å². The first kappa shape index (κ1) is 23.1. The molecule has 8 heteroatoms. The predicted molar refractivity (Wildman–Crippen MR) is 133 cm³/mol. The second kappa shape index (κ2) is 9.88. The molecule has 3 heterocycles. The zero-order valence-corrected chi connectivity index (χ0v) is 20.3. The highest BCUT2D eigenvalue weighted by Gasteiger charge is 2.45. The summed E-state index contributed by atoms with van der Waals surface area (Å²) in [7, 11) is 1.64. The van der Waals surface area contributed by atoms with E-state index in [0.717, 1.165) is 33.7 Å². The molecule has 5 rings (SSSR count). The minimum absolute atomic E-state index is 0.0683. The van der Waals surface area contributed by atoms with E-state index in [1.165, 1.54) is 11.3 Å². The third-order valence-corrected chi connectivity index (χ3v) is 7.93. The molecule has 1 saturated carbocycles. The summed E-state index contributed by atoms with van der Waals surface area (Å²) in [6.07, 6.45) is 5.97. The van der Waals surface area contributed by atoms with Crippen LogP contribution in [0.4, 0.5) is 5.00 Å². The minimum atomic E-state index is -0.136. The van der Waals surface area contributed by atoms with Crippen molar-refractivity contribution in [3.05, 3.63) is 75.9 Å². The van der Waals surface area contributed by atoms with E-state index >= 15 is 0 Å². The summed E-state index contributed by atoms with van der Waals surface area (Å²) in [4.78, 5) is 32.7. The fraction of sp³-hybridized carbons (Fsp3) is 0.333. The summed E-state index contributed by atoms with van der Waals surface area (Å²) in [5.41, 5.74) is 3.63. The molecule has 2 aromatic heterocycles. The maximum absolute atomic E-state index is 13.0. The van der Waals surface area contributed by atoms with Crippen LogP contribution in [0.3, 0.4) is 0 Å². The molecule has 2 atom stereocenters. The summed E-state index contributed by atoms with van der Waals surface area (Å²) in [5.74, 6) is 0.817. The van der Waals surface area contributed by atoms with Crippen LogP contribution >= 0.6 is 11.3 Å². The molecule has 1 aromatic carbocycles. The monoisotopic (exact) mass is 486 g/mol. The van der Waals surface area contributed by atoms with Gasteiger partial charge in [0.05, 0.1) is 19.2 Å². The number of carbonyl (C=O) groups is 2. The Morgan fingerprint density at radius 2 is 2.06 bits per heavy atom.